The summed E-state index contributed by atoms with van der Waals surface area (Å²) in [4.78, 5) is 0. The first-order valence-corrected chi connectivity index (χ1v) is 6.77. The highest BCUT2D eigenvalue weighted by Crippen LogP contribution is 2.26. The van der Waals surface area contributed by atoms with Crippen LogP contribution >= 0.6 is 0 Å². The van der Waals surface area contributed by atoms with E-state index in [4.69, 9.17) is 10.5 Å². The lowest BCUT2D eigenvalue weighted by molar-refractivity contribution is 0.477. The lowest BCUT2D eigenvalue weighted by Crippen LogP contribution is -2.21. The SMILES string of the molecule is CCC(N)Cc1ccc(C)c(Oc2ccccc2)c1. The fourth-order valence-corrected chi connectivity index (χ4v) is 1.94. The van der Waals surface area contributed by atoms with Gasteiger partial charge in [0.1, 0.15) is 11.5 Å². The van der Waals surface area contributed by atoms with Gasteiger partial charge in [0.25, 0.3) is 0 Å². The summed E-state index contributed by atoms with van der Waals surface area (Å²) in [5.41, 5.74) is 8.37. The Morgan fingerprint density at radius 2 is 1.84 bits per heavy atom. The number of para-hydroxylation sites is 1. The van der Waals surface area contributed by atoms with E-state index in [0.29, 0.717) is 0 Å². The fraction of sp³-hybridized carbons (Fsp3) is 0.294. The summed E-state index contributed by atoms with van der Waals surface area (Å²) in [7, 11) is 0. The molecule has 0 aliphatic heterocycles. The van der Waals surface area contributed by atoms with Crippen molar-refractivity contribution in [1.82, 2.24) is 0 Å². The highest BCUT2D eigenvalue weighted by molar-refractivity contribution is 5.40. The van der Waals surface area contributed by atoms with Crippen LogP contribution < -0.4 is 10.5 Å². The molecule has 0 amide bonds. The van der Waals surface area contributed by atoms with Crippen molar-refractivity contribution in [3.63, 3.8) is 0 Å². The molecule has 0 radical (unpaired) electrons. The van der Waals surface area contributed by atoms with Gasteiger partial charge in [0.05, 0.1) is 0 Å². The highest BCUT2D eigenvalue weighted by atomic mass is 16.5. The van der Waals surface area contributed by atoms with Gasteiger partial charge in [-0.25, -0.2) is 0 Å². The van der Waals surface area contributed by atoms with Crippen molar-refractivity contribution in [3.05, 3.63) is 59.7 Å². The molecule has 100 valence electrons. The quantitative estimate of drug-likeness (QED) is 0.874. The van der Waals surface area contributed by atoms with E-state index in [9.17, 15) is 0 Å². The Morgan fingerprint density at radius 1 is 1.11 bits per heavy atom. The second-order valence-corrected chi connectivity index (χ2v) is 4.89. The Bertz CT molecular complexity index is 522. The molecule has 2 rings (SSSR count). The van der Waals surface area contributed by atoms with Crippen molar-refractivity contribution in [2.75, 3.05) is 0 Å². The first-order chi connectivity index (χ1) is 9.19. The first kappa shape index (κ1) is 13.6. The lowest BCUT2D eigenvalue weighted by Gasteiger charge is -2.13. The number of nitrogens with two attached hydrogens (primary N) is 1. The lowest BCUT2D eigenvalue weighted by atomic mass is 10.0. The van der Waals surface area contributed by atoms with Gasteiger partial charge in [-0.1, -0.05) is 37.3 Å². The fourth-order valence-electron chi connectivity index (χ4n) is 1.94. The third kappa shape index (κ3) is 3.83. The van der Waals surface area contributed by atoms with Gasteiger partial charge in [-0.15, -0.1) is 0 Å². The average Bonchev–Trinajstić information content (AvgIpc) is 2.43. The number of hydrogen-bond acceptors (Lipinski definition) is 2. The standard InChI is InChI=1S/C17H21NO/c1-3-15(18)11-14-10-9-13(2)17(12-14)19-16-7-5-4-6-8-16/h4-10,12,15H,3,11,18H2,1-2H3. The normalized spacial score (nSPS) is 12.2. The third-order valence-corrected chi connectivity index (χ3v) is 3.25. The molecule has 19 heavy (non-hydrogen) atoms. The van der Waals surface area contributed by atoms with Crippen LogP contribution in [0.15, 0.2) is 48.5 Å². The van der Waals surface area contributed by atoms with E-state index >= 15 is 0 Å². The van der Waals surface area contributed by atoms with E-state index in [1.54, 1.807) is 0 Å². The van der Waals surface area contributed by atoms with Crippen LogP contribution in [0, 0.1) is 6.92 Å². The Balaban J connectivity index is 2.17. The van der Waals surface area contributed by atoms with Gasteiger partial charge in [0.15, 0.2) is 0 Å². The molecular formula is C17H21NO. The largest absolute Gasteiger partial charge is 0.457 e. The second kappa shape index (κ2) is 6.39. The summed E-state index contributed by atoms with van der Waals surface area (Å²) in [5, 5.41) is 0. The maximum Gasteiger partial charge on any atom is 0.130 e. The van der Waals surface area contributed by atoms with E-state index in [2.05, 4.69) is 32.0 Å². The minimum Gasteiger partial charge on any atom is -0.457 e. The Kier molecular flexibility index (Phi) is 4.58. The number of benzene rings is 2. The summed E-state index contributed by atoms with van der Waals surface area (Å²) < 4.78 is 5.92. The van der Waals surface area contributed by atoms with Crippen molar-refractivity contribution >= 4 is 0 Å². The molecule has 0 spiro atoms. The minimum absolute atomic E-state index is 0.215. The molecule has 0 bridgehead atoms. The van der Waals surface area contributed by atoms with E-state index in [1.165, 1.54) is 5.56 Å². The monoisotopic (exact) mass is 255 g/mol. The third-order valence-electron chi connectivity index (χ3n) is 3.25. The van der Waals surface area contributed by atoms with Crippen molar-refractivity contribution in [2.45, 2.75) is 32.7 Å². The molecule has 0 heterocycles. The maximum absolute atomic E-state index is 6.00. The van der Waals surface area contributed by atoms with Crippen LogP contribution in [-0.2, 0) is 6.42 Å². The molecule has 1 atom stereocenters. The number of rotatable bonds is 5. The van der Waals surface area contributed by atoms with Crippen molar-refractivity contribution in [1.29, 1.82) is 0 Å². The molecule has 2 heteroatoms. The predicted molar refractivity (Wildman–Crippen MR) is 79.7 cm³/mol. The zero-order valence-corrected chi connectivity index (χ0v) is 11.6. The van der Waals surface area contributed by atoms with Gasteiger partial charge in [-0.2, -0.15) is 0 Å². The molecule has 0 aliphatic rings. The zero-order chi connectivity index (χ0) is 13.7. The van der Waals surface area contributed by atoms with E-state index in [-0.39, 0.29) is 6.04 Å². The zero-order valence-electron chi connectivity index (χ0n) is 11.6. The van der Waals surface area contributed by atoms with Gasteiger partial charge < -0.3 is 10.5 Å². The Labute approximate surface area is 115 Å². The smallest absolute Gasteiger partial charge is 0.130 e. The van der Waals surface area contributed by atoms with E-state index < -0.39 is 0 Å². The Morgan fingerprint density at radius 3 is 2.53 bits per heavy atom. The molecule has 0 saturated carbocycles. The Hall–Kier alpha value is -1.80. The number of ether oxygens (including phenoxy) is 1. The van der Waals surface area contributed by atoms with Gasteiger partial charge in [0, 0.05) is 6.04 Å². The molecule has 0 saturated heterocycles. The van der Waals surface area contributed by atoms with Gasteiger partial charge in [-0.3, -0.25) is 0 Å². The summed E-state index contributed by atoms with van der Waals surface area (Å²) in [6.07, 6.45) is 1.88. The maximum atomic E-state index is 6.00. The topological polar surface area (TPSA) is 35.2 Å². The van der Waals surface area contributed by atoms with Crippen LogP contribution in [0.2, 0.25) is 0 Å². The summed E-state index contributed by atoms with van der Waals surface area (Å²) in [6, 6.07) is 16.4. The molecular weight excluding hydrogens is 234 g/mol. The van der Waals surface area contributed by atoms with E-state index in [0.717, 1.165) is 29.9 Å². The molecule has 2 aromatic rings. The van der Waals surface area contributed by atoms with Crippen LogP contribution in [-0.4, -0.2) is 6.04 Å². The molecule has 2 aromatic carbocycles. The minimum atomic E-state index is 0.215. The molecule has 0 fully saturated rings. The molecule has 0 aliphatic carbocycles. The highest BCUT2D eigenvalue weighted by Gasteiger charge is 2.06. The summed E-state index contributed by atoms with van der Waals surface area (Å²) in [5.74, 6) is 1.77. The second-order valence-electron chi connectivity index (χ2n) is 4.89. The van der Waals surface area contributed by atoms with Crippen LogP contribution in [0.1, 0.15) is 24.5 Å². The molecule has 2 nitrogen and oxygen atoms in total. The van der Waals surface area contributed by atoms with Crippen molar-refractivity contribution in [3.8, 4) is 11.5 Å². The first-order valence-electron chi connectivity index (χ1n) is 6.77. The van der Waals surface area contributed by atoms with Gasteiger partial charge >= 0.3 is 0 Å². The van der Waals surface area contributed by atoms with Gasteiger partial charge in [0.2, 0.25) is 0 Å². The summed E-state index contributed by atoms with van der Waals surface area (Å²) >= 11 is 0. The van der Waals surface area contributed by atoms with E-state index in [1.807, 2.05) is 30.3 Å². The van der Waals surface area contributed by atoms with Crippen LogP contribution in [0.5, 0.6) is 11.5 Å². The van der Waals surface area contributed by atoms with Crippen LogP contribution in [0.4, 0.5) is 0 Å². The average molecular weight is 255 g/mol. The number of hydrogen-bond donors (Lipinski definition) is 1. The molecule has 1 unspecified atom stereocenters. The van der Waals surface area contributed by atoms with Gasteiger partial charge in [-0.05, 0) is 49.1 Å². The van der Waals surface area contributed by atoms with Crippen molar-refractivity contribution < 1.29 is 4.74 Å². The predicted octanol–water partition coefficient (Wildman–Crippen LogP) is 4.07. The molecule has 2 N–H and O–H groups in total. The van der Waals surface area contributed by atoms with Crippen LogP contribution in [0.25, 0.3) is 0 Å². The van der Waals surface area contributed by atoms with Crippen LogP contribution in [0.3, 0.4) is 0 Å². The summed E-state index contributed by atoms with van der Waals surface area (Å²) in [6.45, 7) is 4.17. The molecule has 0 aromatic heterocycles. The number of aryl methyl sites for hydroxylation is 1. The van der Waals surface area contributed by atoms with Crippen molar-refractivity contribution in [2.24, 2.45) is 5.73 Å².